The van der Waals surface area contributed by atoms with E-state index in [0.29, 0.717) is 23.4 Å². The minimum atomic E-state index is -3.67. The van der Waals surface area contributed by atoms with Gasteiger partial charge in [0.2, 0.25) is 0 Å². The van der Waals surface area contributed by atoms with E-state index in [1.54, 1.807) is 49.4 Å². The Bertz CT molecular complexity index is 1190. The molecule has 1 amide bonds. The van der Waals surface area contributed by atoms with Gasteiger partial charge in [0.05, 0.1) is 10.5 Å². The number of aromatic nitrogens is 1. The van der Waals surface area contributed by atoms with Crippen molar-refractivity contribution < 1.29 is 13.2 Å². The van der Waals surface area contributed by atoms with Gasteiger partial charge in [0.15, 0.2) is 0 Å². The van der Waals surface area contributed by atoms with Crippen LogP contribution in [0.4, 0.5) is 5.69 Å². The van der Waals surface area contributed by atoms with E-state index < -0.39 is 10.0 Å². The van der Waals surface area contributed by atoms with Crippen LogP contribution in [0.5, 0.6) is 0 Å². The molecule has 0 aliphatic rings. The first-order valence-electron chi connectivity index (χ1n) is 9.51. The molecule has 0 saturated carbocycles. The largest absolute Gasteiger partial charge is 0.349 e. The summed E-state index contributed by atoms with van der Waals surface area (Å²) >= 11 is 1.42. The predicted molar refractivity (Wildman–Crippen MR) is 124 cm³/mol. The van der Waals surface area contributed by atoms with Crippen molar-refractivity contribution in [2.75, 3.05) is 11.3 Å². The average Bonchev–Trinajstić information content (AvgIpc) is 2.75. The zero-order valence-corrected chi connectivity index (χ0v) is 18.9. The number of benzene rings is 2. The molecule has 6 nitrogen and oxygen atoms in total. The number of anilines is 1. The lowest BCUT2D eigenvalue weighted by atomic mass is 10.2. The van der Waals surface area contributed by atoms with Crippen LogP contribution < -0.4 is 10.0 Å². The van der Waals surface area contributed by atoms with Crippen LogP contribution in [-0.2, 0) is 10.0 Å². The highest BCUT2D eigenvalue weighted by atomic mass is 32.2. The zero-order valence-electron chi connectivity index (χ0n) is 17.3. The quantitative estimate of drug-likeness (QED) is 0.488. The number of carbonyl (C=O) groups is 1. The number of sulfonamides is 1. The van der Waals surface area contributed by atoms with Crippen LogP contribution in [0.3, 0.4) is 0 Å². The van der Waals surface area contributed by atoms with E-state index in [-0.39, 0.29) is 10.8 Å². The van der Waals surface area contributed by atoms with Gasteiger partial charge in [0, 0.05) is 23.3 Å². The number of carbonyl (C=O) groups excluding carboxylic acids is 1. The average molecular weight is 454 g/mol. The fourth-order valence-corrected chi connectivity index (χ4v) is 4.91. The zero-order chi connectivity index (χ0) is 22.4. The second-order valence-corrected chi connectivity index (χ2v) is 9.63. The van der Waals surface area contributed by atoms with Crippen LogP contribution in [0.1, 0.15) is 21.5 Å². The van der Waals surface area contributed by atoms with Gasteiger partial charge in [-0.2, -0.15) is 0 Å². The number of amides is 1. The summed E-state index contributed by atoms with van der Waals surface area (Å²) in [4.78, 5) is 17.4. The predicted octanol–water partition coefficient (Wildman–Crippen LogP) is 4.57. The molecule has 0 aliphatic heterocycles. The minimum absolute atomic E-state index is 0.204. The van der Waals surface area contributed by atoms with Crippen molar-refractivity contribution in [1.82, 2.24) is 10.3 Å². The Balaban J connectivity index is 1.67. The summed E-state index contributed by atoms with van der Waals surface area (Å²) in [6.07, 6.45) is 3.13. The summed E-state index contributed by atoms with van der Waals surface area (Å²) in [6.45, 7) is 7.59. The van der Waals surface area contributed by atoms with Crippen LogP contribution >= 0.6 is 11.8 Å². The van der Waals surface area contributed by atoms with E-state index in [2.05, 4.69) is 21.6 Å². The van der Waals surface area contributed by atoms with Crippen molar-refractivity contribution in [1.29, 1.82) is 0 Å². The van der Waals surface area contributed by atoms with Crippen molar-refractivity contribution in [2.24, 2.45) is 0 Å². The number of nitrogens with one attached hydrogen (secondary N) is 2. The molecule has 3 aromatic rings. The highest BCUT2D eigenvalue weighted by Crippen LogP contribution is 2.28. The molecule has 160 valence electrons. The first-order chi connectivity index (χ1) is 14.8. The second kappa shape index (κ2) is 9.80. The molecule has 0 atom stereocenters. The van der Waals surface area contributed by atoms with Gasteiger partial charge in [0.1, 0.15) is 5.03 Å². The van der Waals surface area contributed by atoms with Crippen LogP contribution in [0.15, 0.2) is 88.3 Å². The molecular formula is C23H23N3O3S2. The SMILES string of the molecule is C=CCNC(=O)c1ccc(Sc2ccc(NS(=O)(=O)c3cc(C)ccc3C)cc2)nc1. The smallest absolute Gasteiger partial charge is 0.262 e. The molecule has 0 spiro atoms. The summed E-state index contributed by atoms with van der Waals surface area (Å²) in [6, 6.07) is 15.9. The molecule has 1 heterocycles. The summed E-state index contributed by atoms with van der Waals surface area (Å²) < 4.78 is 28.1. The molecule has 2 N–H and O–H groups in total. The molecule has 0 bridgehead atoms. The maximum atomic E-state index is 12.7. The maximum Gasteiger partial charge on any atom is 0.262 e. The van der Waals surface area contributed by atoms with Crippen molar-refractivity contribution in [3.63, 3.8) is 0 Å². The molecule has 1 aromatic heterocycles. The first kappa shape index (κ1) is 22.6. The number of hydrogen-bond donors (Lipinski definition) is 2. The Morgan fingerprint density at radius 2 is 1.84 bits per heavy atom. The van der Waals surface area contributed by atoms with E-state index in [9.17, 15) is 13.2 Å². The molecule has 0 saturated heterocycles. The third-order valence-corrected chi connectivity index (χ3v) is 6.85. The van der Waals surface area contributed by atoms with Gasteiger partial charge in [-0.3, -0.25) is 9.52 Å². The lowest BCUT2D eigenvalue weighted by molar-refractivity contribution is 0.0957. The third kappa shape index (κ3) is 5.96. The van der Waals surface area contributed by atoms with E-state index in [1.807, 2.05) is 25.1 Å². The highest BCUT2D eigenvalue weighted by molar-refractivity contribution is 7.99. The topological polar surface area (TPSA) is 88.2 Å². The van der Waals surface area contributed by atoms with Crippen molar-refractivity contribution in [3.05, 3.63) is 90.1 Å². The second-order valence-electron chi connectivity index (χ2n) is 6.88. The van der Waals surface area contributed by atoms with Gasteiger partial charge in [-0.25, -0.2) is 13.4 Å². The summed E-state index contributed by atoms with van der Waals surface area (Å²) in [5.74, 6) is -0.204. The summed E-state index contributed by atoms with van der Waals surface area (Å²) in [5.41, 5.74) is 2.53. The van der Waals surface area contributed by atoms with Crippen molar-refractivity contribution in [3.8, 4) is 0 Å². The maximum absolute atomic E-state index is 12.7. The van der Waals surface area contributed by atoms with Gasteiger partial charge >= 0.3 is 0 Å². The molecule has 31 heavy (non-hydrogen) atoms. The normalized spacial score (nSPS) is 11.0. The molecule has 2 aromatic carbocycles. The van der Waals surface area contributed by atoms with E-state index in [1.165, 1.54) is 18.0 Å². The Labute approximate surface area is 186 Å². The van der Waals surface area contributed by atoms with E-state index in [0.717, 1.165) is 15.5 Å². The third-order valence-electron chi connectivity index (χ3n) is 4.37. The lowest BCUT2D eigenvalue weighted by Crippen LogP contribution is -2.23. The van der Waals surface area contributed by atoms with Gasteiger partial charge in [-0.05, 0) is 67.4 Å². The summed E-state index contributed by atoms with van der Waals surface area (Å²) in [7, 11) is -3.67. The summed E-state index contributed by atoms with van der Waals surface area (Å²) in [5, 5.41) is 3.43. The number of hydrogen-bond acceptors (Lipinski definition) is 5. The highest BCUT2D eigenvalue weighted by Gasteiger charge is 2.17. The van der Waals surface area contributed by atoms with Crippen LogP contribution in [-0.4, -0.2) is 25.9 Å². The molecule has 0 radical (unpaired) electrons. The fraction of sp³-hybridized carbons (Fsp3) is 0.130. The Morgan fingerprint density at radius 3 is 2.48 bits per heavy atom. The minimum Gasteiger partial charge on any atom is -0.349 e. The van der Waals surface area contributed by atoms with E-state index in [4.69, 9.17) is 0 Å². The van der Waals surface area contributed by atoms with Gasteiger partial charge in [0.25, 0.3) is 15.9 Å². The molecule has 3 rings (SSSR count). The van der Waals surface area contributed by atoms with Gasteiger partial charge in [-0.15, -0.1) is 6.58 Å². The van der Waals surface area contributed by atoms with Gasteiger partial charge < -0.3 is 5.32 Å². The molecular weight excluding hydrogens is 430 g/mol. The number of pyridine rings is 1. The Kier molecular flexibility index (Phi) is 7.14. The number of rotatable bonds is 8. The van der Waals surface area contributed by atoms with Gasteiger partial charge in [-0.1, -0.05) is 30.0 Å². The number of nitrogens with zero attached hydrogens (tertiary/aromatic N) is 1. The monoisotopic (exact) mass is 453 g/mol. The van der Waals surface area contributed by atoms with Crippen LogP contribution in [0, 0.1) is 13.8 Å². The Hall–Kier alpha value is -3.10. The lowest BCUT2D eigenvalue weighted by Gasteiger charge is -2.11. The molecule has 0 fully saturated rings. The first-order valence-corrected chi connectivity index (χ1v) is 11.8. The van der Waals surface area contributed by atoms with Crippen LogP contribution in [0.25, 0.3) is 0 Å². The fourth-order valence-electron chi connectivity index (χ4n) is 2.76. The standard InChI is InChI=1S/C23H23N3O3S2/c1-4-13-24-23(27)18-7-12-22(25-15-18)30-20-10-8-19(9-11-20)26-31(28,29)21-14-16(2)5-6-17(21)3/h4-12,14-15,26H,1,13H2,2-3H3,(H,24,27). The van der Waals surface area contributed by atoms with Crippen molar-refractivity contribution >= 4 is 33.4 Å². The van der Waals surface area contributed by atoms with Crippen LogP contribution in [0.2, 0.25) is 0 Å². The molecule has 0 unspecified atom stereocenters. The van der Waals surface area contributed by atoms with E-state index >= 15 is 0 Å². The Morgan fingerprint density at radius 1 is 1.10 bits per heavy atom. The van der Waals surface area contributed by atoms with Crippen molar-refractivity contribution in [2.45, 2.75) is 28.7 Å². The molecule has 8 heteroatoms. The molecule has 0 aliphatic carbocycles. The number of aryl methyl sites for hydroxylation is 2.